The van der Waals surface area contributed by atoms with E-state index in [0.717, 1.165) is 5.75 Å². The van der Waals surface area contributed by atoms with Gasteiger partial charge >= 0.3 is 6.02 Å². The number of ether oxygens (including phenoxy) is 2. The largest absolute Gasteiger partial charge is 0.494 e. The van der Waals surface area contributed by atoms with Gasteiger partial charge in [0.2, 0.25) is 0 Å². The molecule has 0 spiro atoms. The summed E-state index contributed by atoms with van der Waals surface area (Å²) < 4.78 is 10.9. The minimum Gasteiger partial charge on any atom is -0.494 e. The van der Waals surface area contributed by atoms with Gasteiger partial charge in [-0.1, -0.05) is 24.3 Å². The molecule has 0 unspecified atom stereocenters. The highest BCUT2D eigenvalue weighted by atomic mass is 16.5. The van der Waals surface area contributed by atoms with E-state index in [1.54, 1.807) is 24.3 Å². The maximum absolute atomic E-state index is 8.78. The summed E-state index contributed by atoms with van der Waals surface area (Å²) in [6, 6.07) is 16.5. The molecule has 0 fully saturated rings. The van der Waals surface area contributed by atoms with E-state index in [-0.39, 0.29) is 6.02 Å². The van der Waals surface area contributed by atoms with Gasteiger partial charge in [0.05, 0.1) is 12.3 Å². The Morgan fingerprint density at radius 1 is 1.14 bits per heavy atom. The lowest BCUT2D eigenvalue weighted by molar-refractivity contribution is 0.340. The predicted octanol–water partition coefficient (Wildman–Crippen LogP) is 3.22. The first kappa shape index (κ1) is 14.4. The molecule has 0 aliphatic carbocycles. The Morgan fingerprint density at radius 3 is 2.62 bits per heavy atom. The maximum Gasteiger partial charge on any atom is 0.309 e. The van der Waals surface area contributed by atoms with E-state index in [2.05, 4.69) is 10.3 Å². The zero-order valence-electron chi connectivity index (χ0n) is 11.6. The average Bonchev–Trinajstić information content (AvgIpc) is 2.49. The highest BCUT2D eigenvalue weighted by Crippen LogP contribution is 2.20. The van der Waals surface area contributed by atoms with Crippen LogP contribution in [0.15, 0.2) is 59.6 Å². The highest BCUT2D eigenvalue weighted by Gasteiger charge is 2.03. The van der Waals surface area contributed by atoms with Crippen molar-refractivity contribution in [1.29, 1.82) is 5.26 Å². The molecule has 5 heteroatoms. The molecule has 0 aliphatic rings. The van der Waals surface area contributed by atoms with E-state index in [1.807, 2.05) is 43.4 Å². The van der Waals surface area contributed by atoms with Gasteiger partial charge in [-0.25, -0.2) is 5.32 Å². The van der Waals surface area contributed by atoms with Gasteiger partial charge < -0.3 is 9.47 Å². The molecule has 106 valence electrons. The lowest BCUT2D eigenvalue weighted by atomic mass is 10.3. The first-order valence-corrected chi connectivity index (χ1v) is 6.51. The summed E-state index contributed by atoms with van der Waals surface area (Å²) in [6.07, 6.45) is 1.81. The quantitative estimate of drug-likeness (QED) is 0.404. The molecule has 0 amide bonds. The van der Waals surface area contributed by atoms with Gasteiger partial charge in [0.1, 0.15) is 11.5 Å². The number of para-hydroxylation sites is 1. The van der Waals surface area contributed by atoms with Crippen LogP contribution in [0, 0.1) is 11.5 Å². The Kier molecular flexibility index (Phi) is 5.18. The third-order valence-electron chi connectivity index (χ3n) is 2.48. The Labute approximate surface area is 123 Å². The second-order valence-corrected chi connectivity index (χ2v) is 4.00. The van der Waals surface area contributed by atoms with Gasteiger partial charge in [0.15, 0.2) is 6.19 Å². The summed E-state index contributed by atoms with van der Waals surface area (Å²) in [6.45, 7) is 2.49. The van der Waals surface area contributed by atoms with Gasteiger partial charge in [-0.05, 0) is 31.2 Å². The van der Waals surface area contributed by atoms with Crippen molar-refractivity contribution in [3.05, 3.63) is 54.6 Å². The molecule has 0 saturated heterocycles. The Morgan fingerprint density at radius 2 is 1.90 bits per heavy atom. The van der Waals surface area contributed by atoms with Crippen molar-refractivity contribution in [2.45, 2.75) is 6.92 Å². The average molecular weight is 281 g/mol. The number of rotatable bonds is 4. The van der Waals surface area contributed by atoms with E-state index in [1.165, 1.54) is 0 Å². The van der Waals surface area contributed by atoms with Gasteiger partial charge in [0.25, 0.3) is 0 Å². The van der Waals surface area contributed by atoms with E-state index < -0.39 is 0 Å². The fourth-order valence-electron chi connectivity index (χ4n) is 1.65. The second-order valence-electron chi connectivity index (χ2n) is 4.00. The van der Waals surface area contributed by atoms with E-state index >= 15 is 0 Å². The van der Waals surface area contributed by atoms with Crippen LogP contribution < -0.4 is 14.8 Å². The molecule has 21 heavy (non-hydrogen) atoms. The molecule has 2 rings (SSSR count). The van der Waals surface area contributed by atoms with Crippen molar-refractivity contribution in [1.82, 2.24) is 5.32 Å². The zero-order valence-corrected chi connectivity index (χ0v) is 11.6. The third kappa shape index (κ3) is 4.55. The number of nitrogens with zero attached hydrogens (tertiary/aromatic N) is 2. The molecule has 1 N–H and O–H groups in total. The van der Waals surface area contributed by atoms with Crippen molar-refractivity contribution in [3.8, 4) is 17.7 Å². The number of hydrogen-bond acceptors (Lipinski definition) is 4. The molecular formula is C16H15N3O2. The number of nitrogens with one attached hydrogen (secondary N) is 1. The van der Waals surface area contributed by atoms with Crippen LogP contribution in [0.2, 0.25) is 0 Å². The summed E-state index contributed by atoms with van der Waals surface area (Å²) in [4.78, 5) is 4.27. The van der Waals surface area contributed by atoms with Crippen LogP contribution in [0.5, 0.6) is 11.5 Å². The Hall–Kier alpha value is -3.00. The van der Waals surface area contributed by atoms with Gasteiger partial charge in [-0.15, -0.1) is 0 Å². The van der Waals surface area contributed by atoms with Crippen molar-refractivity contribution in [2.75, 3.05) is 6.61 Å². The molecule has 2 aromatic carbocycles. The zero-order chi connectivity index (χ0) is 14.9. The predicted molar refractivity (Wildman–Crippen MR) is 80.5 cm³/mol. The first-order chi connectivity index (χ1) is 10.3. The van der Waals surface area contributed by atoms with Crippen LogP contribution in [-0.4, -0.2) is 12.6 Å². The number of amidine groups is 1. The molecule has 0 radical (unpaired) electrons. The van der Waals surface area contributed by atoms with Crippen LogP contribution in [-0.2, 0) is 0 Å². The topological polar surface area (TPSA) is 66.6 Å². The van der Waals surface area contributed by atoms with Crippen molar-refractivity contribution >= 4 is 11.7 Å². The minimum atomic E-state index is 0.109. The lowest BCUT2D eigenvalue weighted by Gasteiger charge is -2.07. The summed E-state index contributed by atoms with van der Waals surface area (Å²) in [5.41, 5.74) is 0.634. The number of hydrogen-bond donors (Lipinski definition) is 1. The summed E-state index contributed by atoms with van der Waals surface area (Å²) >= 11 is 0. The van der Waals surface area contributed by atoms with Crippen LogP contribution in [0.3, 0.4) is 0 Å². The molecule has 0 saturated carbocycles. The summed E-state index contributed by atoms with van der Waals surface area (Å²) in [5.74, 6) is 1.31. The van der Waals surface area contributed by atoms with Crippen molar-refractivity contribution in [3.63, 3.8) is 0 Å². The molecule has 0 heterocycles. The molecule has 0 aromatic heterocycles. The van der Waals surface area contributed by atoms with Crippen molar-refractivity contribution in [2.24, 2.45) is 4.99 Å². The monoisotopic (exact) mass is 281 g/mol. The minimum absolute atomic E-state index is 0.109. The normalized spacial score (nSPS) is 10.6. The summed E-state index contributed by atoms with van der Waals surface area (Å²) in [5, 5.41) is 11.2. The van der Waals surface area contributed by atoms with Crippen LogP contribution in [0.25, 0.3) is 0 Å². The third-order valence-corrected chi connectivity index (χ3v) is 2.48. The van der Waals surface area contributed by atoms with Crippen molar-refractivity contribution < 1.29 is 9.47 Å². The van der Waals surface area contributed by atoms with Crippen LogP contribution >= 0.6 is 0 Å². The number of benzene rings is 2. The smallest absolute Gasteiger partial charge is 0.309 e. The molecule has 0 bridgehead atoms. The molecule has 5 nitrogen and oxygen atoms in total. The fraction of sp³-hybridized carbons (Fsp3) is 0.125. The highest BCUT2D eigenvalue weighted by molar-refractivity contribution is 5.80. The maximum atomic E-state index is 8.78. The lowest BCUT2D eigenvalue weighted by Crippen LogP contribution is -2.23. The molecule has 0 atom stereocenters. The van der Waals surface area contributed by atoms with E-state index in [4.69, 9.17) is 14.7 Å². The standard InChI is InChI=1S/C16H15N3O2/c1-2-20-15-10-6-7-13(11-15)19-16(18-12-17)21-14-8-4-3-5-9-14/h3-11H,2H2,1H3,(H,18,19). The van der Waals surface area contributed by atoms with Gasteiger partial charge in [0, 0.05) is 6.07 Å². The molecular weight excluding hydrogens is 266 g/mol. The second kappa shape index (κ2) is 7.56. The van der Waals surface area contributed by atoms with Crippen LogP contribution in [0.1, 0.15) is 6.92 Å². The van der Waals surface area contributed by atoms with Gasteiger partial charge in [-0.2, -0.15) is 10.3 Å². The molecule has 0 aliphatic heterocycles. The SMILES string of the molecule is CCOc1cccc(N=C(NC#N)Oc2ccccc2)c1. The Bertz CT molecular complexity index is 648. The first-order valence-electron chi connectivity index (χ1n) is 6.51. The van der Waals surface area contributed by atoms with Crippen LogP contribution in [0.4, 0.5) is 5.69 Å². The van der Waals surface area contributed by atoms with E-state index in [9.17, 15) is 0 Å². The fourth-order valence-corrected chi connectivity index (χ4v) is 1.65. The number of nitriles is 1. The number of aliphatic imine (C=N–C) groups is 1. The van der Waals surface area contributed by atoms with Gasteiger partial charge in [-0.3, -0.25) is 0 Å². The Balaban J connectivity index is 2.21. The van der Waals surface area contributed by atoms with E-state index in [0.29, 0.717) is 18.0 Å². The molecule has 2 aromatic rings. The summed E-state index contributed by atoms with van der Waals surface area (Å²) in [7, 11) is 0.